The van der Waals surface area contributed by atoms with Crippen LogP contribution in [0.3, 0.4) is 0 Å². The number of carbonyl (C=O) groups excluding carboxylic acids is 2. The van der Waals surface area contributed by atoms with Crippen molar-refractivity contribution >= 4 is 11.9 Å². The quantitative estimate of drug-likeness (QED) is 0.657. The van der Waals surface area contributed by atoms with E-state index in [0.717, 1.165) is 12.8 Å². The largest absolute Gasteiger partial charge is 0.466 e. The minimum atomic E-state index is -0.202. The van der Waals surface area contributed by atoms with Crippen LogP contribution in [0.25, 0.3) is 0 Å². The molecule has 1 amide bonds. The van der Waals surface area contributed by atoms with Gasteiger partial charge in [0.15, 0.2) is 0 Å². The van der Waals surface area contributed by atoms with Crippen molar-refractivity contribution < 1.29 is 14.3 Å². The Kier molecular flexibility index (Phi) is 4.55. The van der Waals surface area contributed by atoms with Crippen LogP contribution in [0.15, 0.2) is 0 Å². The minimum absolute atomic E-state index is 0.00947. The van der Waals surface area contributed by atoms with Gasteiger partial charge < -0.3 is 15.4 Å². The highest BCUT2D eigenvalue weighted by molar-refractivity contribution is 5.79. The van der Waals surface area contributed by atoms with Crippen molar-refractivity contribution in [3.8, 4) is 0 Å². The van der Waals surface area contributed by atoms with Gasteiger partial charge in [-0.05, 0) is 19.8 Å². The standard InChI is InChI=1S/C10H18N2O3/c1-2-15-10(14)8-4-3-5-12(7-8)9(13)6-11/h8H,2-7,11H2,1H3/t8-/m0/s1. The molecule has 1 aliphatic rings. The van der Waals surface area contributed by atoms with E-state index in [1.165, 1.54) is 0 Å². The normalized spacial score (nSPS) is 21.2. The molecule has 0 saturated carbocycles. The first-order chi connectivity index (χ1) is 7.19. The summed E-state index contributed by atoms with van der Waals surface area (Å²) in [6, 6.07) is 0. The monoisotopic (exact) mass is 214 g/mol. The lowest BCUT2D eigenvalue weighted by Gasteiger charge is -2.31. The Labute approximate surface area is 89.6 Å². The first kappa shape index (κ1) is 12.0. The fourth-order valence-corrected chi connectivity index (χ4v) is 1.79. The van der Waals surface area contributed by atoms with E-state index in [-0.39, 0.29) is 24.3 Å². The van der Waals surface area contributed by atoms with E-state index in [1.54, 1.807) is 11.8 Å². The topological polar surface area (TPSA) is 72.6 Å². The number of carbonyl (C=O) groups is 2. The van der Waals surface area contributed by atoms with E-state index >= 15 is 0 Å². The number of nitrogens with two attached hydrogens (primary N) is 1. The van der Waals surface area contributed by atoms with Gasteiger partial charge in [0, 0.05) is 13.1 Å². The zero-order valence-electron chi connectivity index (χ0n) is 9.07. The molecule has 15 heavy (non-hydrogen) atoms. The number of esters is 1. The number of ether oxygens (including phenoxy) is 1. The maximum atomic E-state index is 11.5. The van der Waals surface area contributed by atoms with Gasteiger partial charge >= 0.3 is 5.97 Å². The van der Waals surface area contributed by atoms with E-state index in [2.05, 4.69) is 0 Å². The predicted octanol–water partition coefficient (Wildman–Crippen LogP) is -0.253. The summed E-state index contributed by atoms with van der Waals surface area (Å²) in [4.78, 5) is 24.4. The van der Waals surface area contributed by atoms with Gasteiger partial charge in [-0.3, -0.25) is 9.59 Å². The van der Waals surface area contributed by atoms with Crippen molar-refractivity contribution in [1.29, 1.82) is 0 Å². The third-order valence-corrected chi connectivity index (χ3v) is 2.57. The van der Waals surface area contributed by atoms with E-state index < -0.39 is 0 Å². The van der Waals surface area contributed by atoms with Gasteiger partial charge in [-0.1, -0.05) is 0 Å². The lowest BCUT2D eigenvalue weighted by Crippen LogP contribution is -2.45. The number of hydrogen-bond donors (Lipinski definition) is 1. The van der Waals surface area contributed by atoms with Crippen LogP contribution in [0.2, 0.25) is 0 Å². The van der Waals surface area contributed by atoms with E-state index in [0.29, 0.717) is 19.7 Å². The Morgan fingerprint density at radius 3 is 2.87 bits per heavy atom. The molecule has 5 heteroatoms. The van der Waals surface area contributed by atoms with Gasteiger partial charge in [0.05, 0.1) is 19.1 Å². The highest BCUT2D eigenvalue weighted by Crippen LogP contribution is 2.17. The molecule has 0 aromatic heterocycles. The summed E-state index contributed by atoms with van der Waals surface area (Å²) in [5.41, 5.74) is 5.28. The van der Waals surface area contributed by atoms with Crippen molar-refractivity contribution in [2.24, 2.45) is 11.7 Å². The van der Waals surface area contributed by atoms with Crippen molar-refractivity contribution in [1.82, 2.24) is 4.90 Å². The van der Waals surface area contributed by atoms with Crippen LogP contribution < -0.4 is 5.73 Å². The van der Waals surface area contributed by atoms with Crippen molar-refractivity contribution in [3.05, 3.63) is 0 Å². The van der Waals surface area contributed by atoms with Gasteiger partial charge in [-0.25, -0.2) is 0 Å². The fourth-order valence-electron chi connectivity index (χ4n) is 1.79. The molecule has 86 valence electrons. The number of rotatable bonds is 3. The zero-order chi connectivity index (χ0) is 11.3. The molecule has 0 bridgehead atoms. The number of piperidine rings is 1. The highest BCUT2D eigenvalue weighted by atomic mass is 16.5. The predicted molar refractivity (Wildman–Crippen MR) is 55.0 cm³/mol. The minimum Gasteiger partial charge on any atom is -0.466 e. The molecule has 1 rings (SSSR count). The molecule has 0 aromatic rings. The summed E-state index contributed by atoms with van der Waals surface area (Å²) in [5.74, 6) is -0.467. The van der Waals surface area contributed by atoms with Crippen molar-refractivity contribution in [2.45, 2.75) is 19.8 Å². The Morgan fingerprint density at radius 1 is 1.53 bits per heavy atom. The van der Waals surface area contributed by atoms with Crippen LogP contribution in [-0.4, -0.2) is 43.0 Å². The van der Waals surface area contributed by atoms with Gasteiger partial charge in [0.1, 0.15) is 0 Å². The second-order valence-electron chi connectivity index (χ2n) is 3.64. The van der Waals surface area contributed by atoms with Crippen molar-refractivity contribution in [2.75, 3.05) is 26.2 Å². The molecule has 1 atom stereocenters. The van der Waals surface area contributed by atoms with Gasteiger partial charge in [0.25, 0.3) is 0 Å². The average molecular weight is 214 g/mol. The lowest BCUT2D eigenvalue weighted by molar-refractivity contribution is -0.151. The van der Waals surface area contributed by atoms with Crippen LogP contribution in [-0.2, 0) is 14.3 Å². The Balaban J connectivity index is 2.48. The second kappa shape index (κ2) is 5.70. The summed E-state index contributed by atoms with van der Waals surface area (Å²) < 4.78 is 4.93. The Morgan fingerprint density at radius 2 is 2.27 bits per heavy atom. The average Bonchev–Trinajstić information content (AvgIpc) is 2.28. The molecular formula is C10H18N2O3. The van der Waals surface area contributed by atoms with E-state index in [4.69, 9.17) is 10.5 Å². The van der Waals surface area contributed by atoms with Gasteiger partial charge in [-0.15, -0.1) is 0 Å². The fraction of sp³-hybridized carbons (Fsp3) is 0.800. The Hall–Kier alpha value is -1.10. The summed E-state index contributed by atoms with van der Waals surface area (Å²) >= 11 is 0. The first-order valence-corrected chi connectivity index (χ1v) is 5.33. The first-order valence-electron chi connectivity index (χ1n) is 5.33. The maximum absolute atomic E-state index is 11.5. The molecule has 0 spiro atoms. The summed E-state index contributed by atoms with van der Waals surface area (Å²) in [7, 11) is 0. The molecule has 0 aliphatic carbocycles. The molecule has 1 saturated heterocycles. The lowest BCUT2D eigenvalue weighted by atomic mass is 9.98. The molecular weight excluding hydrogens is 196 g/mol. The SMILES string of the molecule is CCOC(=O)[C@H]1CCCN(C(=O)CN)C1. The zero-order valence-corrected chi connectivity index (χ0v) is 9.07. The second-order valence-corrected chi connectivity index (χ2v) is 3.64. The summed E-state index contributed by atoms with van der Waals surface area (Å²) in [5, 5.41) is 0. The van der Waals surface area contributed by atoms with Crippen LogP contribution in [0.4, 0.5) is 0 Å². The molecule has 1 heterocycles. The molecule has 5 nitrogen and oxygen atoms in total. The Bertz CT molecular complexity index is 243. The molecule has 0 radical (unpaired) electrons. The molecule has 1 aliphatic heterocycles. The van der Waals surface area contributed by atoms with E-state index in [9.17, 15) is 9.59 Å². The van der Waals surface area contributed by atoms with Crippen LogP contribution in [0.5, 0.6) is 0 Å². The van der Waals surface area contributed by atoms with Gasteiger partial charge in [0.2, 0.25) is 5.91 Å². The smallest absolute Gasteiger partial charge is 0.310 e. The third kappa shape index (κ3) is 3.20. The molecule has 2 N–H and O–H groups in total. The summed E-state index contributed by atoms with van der Waals surface area (Å²) in [6.45, 7) is 3.33. The molecule has 0 unspecified atom stereocenters. The number of hydrogen-bond acceptors (Lipinski definition) is 4. The third-order valence-electron chi connectivity index (χ3n) is 2.57. The highest BCUT2D eigenvalue weighted by Gasteiger charge is 2.28. The summed E-state index contributed by atoms with van der Waals surface area (Å²) in [6.07, 6.45) is 1.64. The number of amides is 1. The van der Waals surface area contributed by atoms with Crippen LogP contribution in [0, 0.1) is 5.92 Å². The van der Waals surface area contributed by atoms with Crippen molar-refractivity contribution in [3.63, 3.8) is 0 Å². The van der Waals surface area contributed by atoms with Gasteiger partial charge in [-0.2, -0.15) is 0 Å². The number of nitrogens with zero attached hydrogens (tertiary/aromatic N) is 1. The van der Waals surface area contributed by atoms with Crippen LogP contribution >= 0.6 is 0 Å². The maximum Gasteiger partial charge on any atom is 0.310 e. The molecule has 1 fully saturated rings. The molecule has 0 aromatic carbocycles. The van der Waals surface area contributed by atoms with Crippen LogP contribution in [0.1, 0.15) is 19.8 Å². The van der Waals surface area contributed by atoms with E-state index in [1.807, 2.05) is 0 Å². The number of likely N-dealkylation sites (tertiary alicyclic amines) is 1.